The Bertz CT molecular complexity index is 668. The summed E-state index contributed by atoms with van der Waals surface area (Å²) in [5.41, 5.74) is 0.151. The first kappa shape index (κ1) is 14.6. The van der Waals surface area contributed by atoms with Crippen LogP contribution in [0.1, 0.15) is 18.4 Å². The predicted molar refractivity (Wildman–Crippen MR) is 70.8 cm³/mol. The molecule has 0 aromatic heterocycles. The molecule has 0 unspecified atom stereocenters. The zero-order chi connectivity index (χ0) is 14.9. The van der Waals surface area contributed by atoms with E-state index >= 15 is 0 Å². The molecule has 0 spiro atoms. The van der Waals surface area contributed by atoms with E-state index in [2.05, 4.69) is 0 Å². The molecule has 1 heterocycles. The van der Waals surface area contributed by atoms with Gasteiger partial charge in [0.1, 0.15) is 5.78 Å². The van der Waals surface area contributed by atoms with Crippen LogP contribution in [0.25, 0.3) is 0 Å². The van der Waals surface area contributed by atoms with Crippen molar-refractivity contribution < 1.29 is 18.1 Å². The average Bonchev–Trinajstić information content (AvgIpc) is 2.38. The third-order valence-electron chi connectivity index (χ3n) is 3.23. The summed E-state index contributed by atoms with van der Waals surface area (Å²) in [5, 5.41) is 10.9. The molecule has 1 aromatic rings. The number of hydrogen-bond acceptors (Lipinski definition) is 5. The summed E-state index contributed by atoms with van der Waals surface area (Å²) in [6.45, 7) is 1.64. The van der Waals surface area contributed by atoms with E-state index < -0.39 is 14.9 Å². The summed E-state index contributed by atoms with van der Waals surface area (Å²) in [6, 6.07) is 3.78. The van der Waals surface area contributed by atoms with Gasteiger partial charge in [0, 0.05) is 24.6 Å². The fraction of sp³-hybridized carbons (Fsp3) is 0.417. The van der Waals surface area contributed by atoms with Crippen LogP contribution >= 0.6 is 0 Å². The number of carbonyl (C=O) groups excluding carboxylic acids is 1. The Balaban J connectivity index is 2.41. The van der Waals surface area contributed by atoms with Crippen molar-refractivity contribution in [3.63, 3.8) is 0 Å². The number of piperidine rings is 1. The van der Waals surface area contributed by atoms with Crippen molar-refractivity contribution in [3.05, 3.63) is 33.9 Å². The van der Waals surface area contributed by atoms with Crippen molar-refractivity contribution in [1.82, 2.24) is 4.31 Å². The molecule has 1 fully saturated rings. The number of nitro benzene ring substituents is 1. The quantitative estimate of drug-likeness (QED) is 0.618. The molecule has 0 aliphatic carbocycles. The van der Waals surface area contributed by atoms with Crippen LogP contribution in [0.15, 0.2) is 23.1 Å². The van der Waals surface area contributed by atoms with Crippen molar-refractivity contribution in [1.29, 1.82) is 0 Å². The fourth-order valence-electron chi connectivity index (χ4n) is 2.11. The largest absolute Gasteiger partial charge is 0.298 e. The molecule has 2 rings (SSSR count). The monoisotopic (exact) mass is 298 g/mol. The number of hydrogen-bond donors (Lipinski definition) is 0. The van der Waals surface area contributed by atoms with Gasteiger partial charge in [-0.3, -0.25) is 14.9 Å². The Morgan fingerprint density at radius 1 is 1.35 bits per heavy atom. The van der Waals surface area contributed by atoms with Gasteiger partial charge in [-0.05, 0) is 19.4 Å². The van der Waals surface area contributed by atoms with Gasteiger partial charge < -0.3 is 0 Å². The molecule has 8 heteroatoms. The fourth-order valence-corrected chi connectivity index (χ4v) is 3.59. The van der Waals surface area contributed by atoms with Crippen molar-refractivity contribution in [3.8, 4) is 0 Å². The molecule has 1 aliphatic heterocycles. The second kappa shape index (κ2) is 5.29. The topological polar surface area (TPSA) is 97.6 Å². The molecule has 0 radical (unpaired) electrons. The van der Waals surface area contributed by atoms with Gasteiger partial charge >= 0.3 is 0 Å². The summed E-state index contributed by atoms with van der Waals surface area (Å²) in [4.78, 5) is 21.5. The molecule has 0 saturated carbocycles. The smallest absolute Gasteiger partial charge is 0.273 e. The van der Waals surface area contributed by atoms with Gasteiger partial charge in [0.25, 0.3) is 5.69 Å². The molecule has 20 heavy (non-hydrogen) atoms. The second-order valence-corrected chi connectivity index (χ2v) is 6.62. The highest BCUT2D eigenvalue weighted by molar-refractivity contribution is 7.89. The Hall–Kier alpha value is -1.80. The number of benzene rings is 1. The van der Waals surface area contributed by atoms with Gasteiger partial charge in [0.05, 0.1) is 16.4 Å². The van der Waals surface area contributed by atoms with Crippen LogP contribution in [-0.2, 0) is 14.8 Å². The van der Waals surface area contributed by atoms with Crippen LogP contribution in [0.5, 0.6) is 0 Å². The summed E-state index contributed by atoms with van der Waals surface area (Å²) >= 11 is 0. The molecular formula is C12H14N2O5S. The first-order valence-electron chi connectivity index (χ1n) is 6.09. The van der Waals surface area contributed by atoms with Gasteiger partial charge in [0.15, 0.2) is 0 Å². The van der Waals surface area contributed by atoms with Crippen molar-refractivity contribution >= 4 is 21.5 Å². The summed E-state index contributed by atoms with van der Waals surface area (Å²) in [7, 11) is -3.86. The summed E-state index contributed by atoms with van der Waals surface area (Å²) in [6.07, 6.45) is 0.853. The maximum absolute atomic E-state index is 12.4. The van der Waals surface area contributed by atoms with Crippen LogP contribution in [0.3, 0.4) is 0 Å². The Labute approximate surface area is 116 Å². The molecule has 108 valence electrons. The van der Waals surface area contributed by atoms with Crippen LogP contribution < -0.4 is 0 Å². The van der Waals surface area contributed by atoms with Gasteiger partial charge in [0.2, 0.25) is 10.0 Å². The lowest BCUT2D eigenvalue weighted by Gasteiger charge is -2.25. The lowest BCUT2D eigenvalue weighted by molar-refractivity contribution is -0.385. The number of aryl methyl sites for hydroxylation is 1. The third-order valence-corrected chi connectivity index (χ3v) is 5.07. The highest BCUT2D eigenvalue weighted by Crippen LogP contribution is 2.25. The van der Waals surface area contributed by atoms with E-state index in [1.165, 1.54) is 12.1 Å². The summed E-state index contributed by atoms with van der Waals surface area (Å²) in [5.74, 6) is -0.138. The molecule has 7 nitrogen and oxygen atoms in total. The van der Waals surface area contributed by atoms with E-state index in [-0.39, 0.29) is 29.5 Å². The van der Waals surface area contributed by atoms with Crippen LogP contribution in [0.4, 0.5) is 5.69 Å². The van der Waals surface area contributed by atoms with E-state index in [4.69, 9.17) is 0 Å². The van der Waals surface area contributed by atoms with Crippen LogP contribution in [0.2, 0.25) is 0 Å². The van der Waals surface area contributed by atoms with E-state index in [0.29, 0.717) is 18.4 Å². The lowest BCUT2D eigenvalue weighted by atomic mass is 10.1. The lowest BCUT2D eigenvalue weighted by Crippen LogP contribution is -2.40. The standard InChI is InChI=1S/C12H14N2O5S/c1-9-4-5-11(7-12(9)14(16)17)20(18,19)13-6-2-3-10(15)8-13/h4-5,7H,2-3,6,8H2,1H3. The SMILES string of the molecule is Cc1ccc(S(=O)(=O)N2CCCC(=O)C2)cc1[N+](=O)[O-]. The highest BCUT2D eigenvalue weighted by Gasteiger charge is 2.30. The first-order valence-corrected chi connectivity index (χ1v) is 7.53. The Morgan fingerprint density at radius 3 is 2.65 bits per heavy atom. The number of Topliss-reactive ketones (excluding diaryl/α,β-unsaturated/α-hetero) is 1. The zero-order valence-corrected chi connectivity index (χ0v) is 11.7. The minimum atomic E-state index is -3.86. The van der Waals surface area contributed by atoms with Gasteiger partial charge in [-0.2, -0.15) is 4.31 Å². The number of nitrogens with zero attached hydrogens (tertiary/aromatic N) is 2. The maximum Gasteiger partial charge on any atom is 0.273 e. The highest BCUT2D eigenvalue weighted by atomic mass is 32.2. The van der Waals surface area contributed by atoms with Crippen LogP contribution in [-0.4, -0.2) is 36.5 Å². The first-order chi connectivity index (χ1) is 9.32. The molecule has 0 atom stereocenters. The molecule has 0 amide bonds. The molecule has 0 N–H and O–H groups in total. The molecule has 0 bridgehead atoms. The normalized spacial score (nSPS) is 17.1. The van der Waals surface area contributed by atoms with E-state index in [9.17, 15) is 23.3 Å². The molecule has 1 aliphatic rings. The number of carbonyl (C=O) groups is 1. The minimum absolute atomic E-state index is 0.138. The van der Waals surface area contributed by atoms with Gasteiger partial charge in [-0.1, -0.05) is 6.07 Å². The van der Waals surface area contributed by atoms with E-state index in [1.54, 1.807) is 6.92 Å². The number of sulfonamides is 1. The predicted octanol–water partition coefficient (Wildman–Crippen LogP) is 1.26. The number of nitro groups is 1. The van der Waals surface area contributed by atoms with Crippen molar-refractivity contribution in [2.24, 2.45) is 0 Å². The Morgan fingerprint density at radius 2 is 2.05 bits per heavy atom. The van der Waals surface area contributed by atoms with Crippen molar-refractivity contribution in [2.45, 2.75) is 24.7 Å². The minimum Gasteiger partial charge on any atom is -0.298 e. The number of rotatable bonds is 3. The third kappa shape index (κ3) is 2.70. The Kier molecular flexibility index (Phi) is 3.87. The summed E-state index contributed by atoms with van der Waals surface area (Å²) < 4.78 is 25.8. The van der Waals surface area contributed by atoms with E-state index in [0.717, 1.165) is 10.4 Å². The maximum atomic E-state index is 12.4. The van der Waals surface area contributed by atoms with Gasteiger partial charge in [-0.15, -0.1) is 0 Å². The van der Waals surface area contributed by atoms with Crippen LogP contribution in [0, 0.1) is 17.0 Å². The molecule has 1 aromatic carbocycles. The zero-order valence-electron chi connectivity index (χ0n) is 10.9. The second-order valence-electron chi connectivity index (χ2n) is 4.69. The average molecular weight is 298 g/mol. The molecular weight excluding hydrogens is 284 g/mol. The van der Waals surface area contributed by atoms with Crippen molar-refractivity contribution in [2.75, 3.05) is 13.1 Å². The number of ketones is 1. The van der Waals surface area contributed by atoms with E-state index in [1.807, 2.05) is 0 Å². The van der Waals surface area contributed by atoms with Gasteiger partial charge in [-0.25, -0.2) is 8.42 Å². The molecule has 1 saturated heterocycles.